The van der Waals surface area contributed by atoms with Crippen LogP contribution in [0.25, 0.3) is 0 Å². The van der Waals surface area contributed by atoms with Gasteiger partial charge in [0.05, 0.1) is 26.4 Å². The van der Waals surface area contributed by atoms with E-state index in [0.717, 1.165) is 5.69 Å². The predicted octanol–water partition coefficient (Wildman–Crippen LogP) is 1.59. The summed E-state index contributed by atoms with van der Waals surface area (Å²) in [4.78, 5) is 4.43. The van der Waals surface area contributed by atoms with Crippen LogP contribution in [-0.4, -0.2) is 37.4 Å². The molecule has 2 unspecified atom stereocenters. The van der Waals surface area contributed by atoms with Crippen LogP contribution in [0.4, 0.5) is 5.69 Å². The van der Waals surface area contributed by atoms with E-state index in [1.54, 1.807) is 26.4 Å². The number of hydrogen-bond donors (Lipinski definition) is 3. The molecule has 2 rings (SSSR count). The summed E-state index contributed by atoms with van der Waals surface area (Å²) in [6.45, 7) is 3.97. The molecule has 1 aliphatic rings. The Balaban J connectivity index is 2.08. The summed E-state index contributed by atoms with van der Waals surface area (Å²) in [5, 5.41) is 12.7. The Morgan fingerprint density at radius 1 is 1.33 bits per heavy atom. The zero-order chi connectivity index (χ0) is 15.6. The van der Waals surface area contributed by atoms with Gasteiger partial charge >= 0.3 is 0 Å². The third kappa shape index (κ3) is 3.05. The van der Waals surface area contributed by atoms with Crippen molar-refractivity contribution in [2.24, 2.45) is 16.1 Å². The lowest BCUT2D eigenvalue weighted by atomic mass is 9.65. The quantitative estimate of drug-likeness (QED) is 0.579. The number of rotatable bonds is 4. The molecule has 0 bridgehead atoms. The molecule has 0 aromatic heterocycles. The van der Waals surface area contributed by atoms with E-state index in [1.807, 2.05) is 19.9 Å². The number of anilines is 1. The van der Waals surface area contributed by atoms with Crippen LogP contribution in [0, 0.1) is 5.41 Å². The topological polar surface area (TPSA) is 89.1 Å². The van der Waals surface area contributed by atoms with Gasteiger partial charge in [-0.2, -0.15) is 0 Å². The molecule has 6 nitrogen and oxygen atoms in total. The first kappa shape index (κ1) is 15.4. The van der Waals surface area contributed by atoms with E-state index in [1.165, 1.54) is 0 Å². The summed E-state index contributed by atoms with van der Waals surface area (Å²) in [5.41, 5.74) is 6.47. The van der Waals surface area contributed by atoms with Crippen LogP contribution in [0.5, 0.6) is 11.5 Å². The molecule has 2 atom stereocenters. The minimum absolute atomic E-state index is 0.0279. The molecular formula is C15H23N3O3. The van der Waals surface area contributed by atoms with Gasteiger partial charge in [-0.25, -0.2) is 4.99 Å². The fourth-order valence-corrected chi connectivity index (χ4v) is 2.36. The monoisotopic (exact) mass is 293 g/mol. The van der Waals surface area contributed by atoms with Crippen molar-refractivity contribution in [3.05, 3.63) is 18.2 Å². The van der Waals surface area contributed by atoms with Crippen LogP contribution in [0.2, 0.25) is 0 Å². The fraction of sp³-hybridized carbons (Fsp3) is 0.533. The first-order chi connectivity index (χ1) is 9.88. The van der Waals surface area contributed by atoms with Crippen LogP contribution in [0.1, 0.15) is 20.3 Å². The number of ether oxygens (including phenoxy) is 2. The molecule has 0 aliphatic heterocycles. The average molecular weight is 293 g/mol. The van der Waals surface area contributed by atoms with Gasteiger partial charge in [0.2, 0.25) is 0 Å². The van der Waals surface area contributed by atoms with Gasteiger partial charge in [-0.15, -0.1) is 0 Å². The SMILES string of the molecule is COc1ccc(NC(N)=NC2CC(O)C2(C)C)cc1OC. The molecule has 1 fully saturated rings. The van der Waals surface area contributed by atoms with E-state index in [4.69, 9.17) is 15.2 Å². The Labute approximate surface area is 125 Å². The number of nitrogens with one attached hydrogen (secondary N) is 1. The molecule has 6 heteroatoms. The van der Waals surface area contributed by atoms with Crippen molar-refractivity contribution in [1.29, 1.82) is 0 Å². The highest BCUT2D eigenvalue weighted by Crippen LogP contribution is 2.42. The minimum Gasteiger partial charge on any atom is -0.493 e. The van der Waals surface area contributed by atoms with E-state index in [0.29, 0.717) is 23.9 Å². The normalized spacial score (nSPS) is 24.1. The van der Waals surface area contributed by atoms with Crippen molar-refractivity contribution in [2.75, 3.05) is 19.5 Å². The van der Waals surface area contributed by atoms with Crippen molar-refractivity contribution in [3.63, 3.8) is 0 Å². The van der Waals surface area contributed by atoms with E-state index < -0.39 is 0 Å². The second kappa shape index (κ2) is 5.81. The maximum absolute atomic E-state index is 9.71. The molecule has 4 N–H and O–H groups in total. The zero-order valence-corrected chi connectivity index (χ0v) is 12.9. The summed E-state index contributed by atoms with van der Waals surface area (Å²) < 4.78 is 10.4. The number of methoxy groups -OCH3 is 2. The number of aliphatic hydroxyl groups is 1. The highest BCUT2D eigenvalue weighted by atomic mass is 16.5. The first-order valence-electron chi connectivity index (χ1n) is 6.89. The van der Waals surface area contributed by atoms with Gasteiger partial charge in [-0.1, -0.05) is 13.8 Å². The van der Waals surface area contributed by atoms with Gasteiger partial charge in [-0.3, -0.25) is 0 Å². The molecule has 0 amide bonds. The van der Waals surface area contributed by atoms with E-state index >= 15 is 0 Å². The Bertz CT molecular complexity index is 543. The van der Waals surface area contributed by atoms with Crippen molar-refractivity contribution >= 4 is 11.6 Å². The highest BCUT2D eigenvalue weighted by Gasteiger charge is 2.47. The molecule has 0 saturated heterocycles. The Kier molecular flexibility index (Phi) is 4.27. The molecule has 116 valence electrons. The fourth-order valence-electron chi connectivity index (χ4n) is 2.36. The van der Waals surface area contributed by atoms with Crippen LogP contribution in [0.15, 0.2) is 23.2 Å². The number of benzene rings is 1. The largest absolute Gasteiger partial charge is 0.493 e. The Morgan fingerprint density at radius 3 is 2.52 bits per heavy atom. The molecule has 0 spiro atoms. The molecule has 21 heavy (non-hydrogen) atoms. The molecule has 1 aromatic carbocycles. The number of hydrogen-bond acceptors (Lipinski definition) is 4. The predicted molar refractivity (Wildman–Crippen MR) is 83.0 cm³/mol. The zero-order valence-electron chi connectivity index (χ0n) is 12.9. The Hall–Kier alpha value is -1.95. The summed E-state index contributed by atoms with van der Waals surface area (Å²) >= 11 is 0. The number of aliphatic imine (C=N–C) groups is 1. The second-order valence-corrected chi connectivity index (χ2v) is 5.80. The lowest BCUT2D eigenvalue weighted by Crippen LogP contribution is -2.53. The van der Waals surface area contributed by atoms with Crippen molar-refractivity contribution in [3.8, 4) is 11.5 Å². The number of nitrogens with two attached hydrogens (primary N) is 1. The molecule has 0 radical (unpaired) electrons. The van der Waals surface area contributed by atoms with Gasteiger partial charge in [-0.05, 0) is 18.6 Å². The van der Waals surface area contributed by atoms with Crippen molar-refractivity contribution < 1.29 is 14.6 Å². The van der Waals surface area contributed by atoms with Crippen LogP contribution in [-0.2, 0) is 0 Å². The van der Waals surface area contributed by atoms with Crippen LogP contribution in [0.3, 0.4) is 0 Å². The summed E-state index contributed by atoms with van der Waals surface area (Å²) in [6.07, 6.45) is 0.321. The van der Waals surface area contributed by atoms with E-state index in [-0.39, 0.29) is 17.6 Å². The van der Waals surface area contributed by atoms with Gasteiger partial charge in [0.15, 0.2) is 17.5 Å². The molecule has 1 aromatic rings. The standard InChI is InChI=1S/C15H23N3O3/c1-15(2)12(8-13(15)19)18-14(16)17-9-5-6-10(20-3)11(7-9)21-4/h5-7,12-13,19H,8H2,1-4H3,(H3,16,17,18). The average Bonchev–Trinajstić information content (AvgIpc) is 2.46. The maximum atomic E-state index is 9.71. The van der Waals surface area contributed by atoms with Gasteiger partial charge in [0, 0.05) is 17.2 Å². The third-order valence-electron chi connectivity index (χ3n) is 4.12. The number of nitrogens with zero attached hydrogens (tertiary/aromatic N) is 1. The number of aliphatic hydroxyl groups excluding tert-OH is 1. The van der Waals surface area contributed by atoms with Gasteiger partial charge in [0.1, 0.15) is 0 Å². The summed E-state index contributed by atoms with van der Waals surface area (Å²) in [5.74, 6) is 1.60. The van der Waals surface area contributed by atoms with Crippen LogP contribution < -0.4 is 20.5 Å². The molecule has 1 saturated carbocycles. The molecule has 1 aliphatic carbocycles. The van der Waals surface area contributed by atoms with Crippen molar-refractivity contribution in [2.45, 2.75) is 32.4 Å². The highest BCUT2D eigenvalue weighted by molar-refractivity contribution is 5.92. The van der Waals surface area contributed by atoms with Gasteiger partial charge in [0.25, 0.3) is 0 Å². The van der Waals surface area contributed by atoms with E-state index in [9.17, 15) is 5.11 Å². The second-order valence-electron chi connectivity index (χ2n) is 5.80. The smallest absolute Gasteiger partial charge is 0.193 e. The lowest BCUT2D eigenvalue weighted by molar-refractivity contribution is -0.0576. The summed E-state index contributed by atoms with van der Waals surface area (Å²) in [6, 6.07) is 5.46. The molecule has 0 heterocycles. The third-order valence-corrected chi connectivity index (χ3v) is 4.12. The molecular weight excluding hydrogens is 270 g/mol. The number of guanidine groups is 1. The lowest BCUT2D eigenvalue weighted by Gasteiger charge is -2.46. The first-order valence-corrected chi connectivity index (χ1v) is 6.89. The maximum Gasteiger partial charge on any atom is 0.193 e. The van der Waals surface area contributed by atoms with Gasteiger partial charge < -0.3 is 25.6 Å². The summed E-state index contributed by atoms with van der Waals surface area (Å²) in [7, 11) is 3.17. The Morgan fingerprint density at radius 2 is 2.00 bits per heavy atom. The van der Waals surface area contributed by atoms with E-state index in [2.05, 4.69) is 10.3 Å². The van der Waals surface area contributed by atoms with Crippen LogP contribution >= 0.6 is 0 Å². The van der Waals surface area contributed by atoms with Crippen molar-refractivity contribution in [1.82, 2.24) is 0 Å². The minimum atomic E-state index is -0.319.